The number of anilines is 1. The second kappa shape index (κ2) is 5.54. The molecule has 0 radical (unpaired) electrons. The molecule has 3 N–H and O–H groups in total. The maximum atomic E-state index is 5.79. The monoisotopic (exact) mass is 290 g/mol. The summed E-state index contributed by atoms with van der Waals surface area (Å²) in [5, 5.41) is 15.8. The Labute approximate surface area is 123 Å². The van der Waals surface area contributed by atoms with E-state index in [0.717, 1.165) is 28.1 Å². The molecule has 2 heterocycles. The Morgan fingerprint density at radius 2 is 2.00 bits per heavy atom. The van der Waals surface area contributed by atoms with Gasteiger partial charge >= 0.3 is 0 Å². The largest absolute Gasteiger partial charge is 0.389 e. The van der Waals surface area contributed by atoms with Crippen LogP contribution < -0.4 is 11.1 Å². The zero-order valence-corrected chi connectivity index (χ0v) is 12.9. The summed E-state index contributed by atoms with van der Waals surface area (Å²) in [5.41, 5.74) is 10.4. The second-order valence-corrected chi connectivity index (χ2v) is 5.21. The minimum absolute atomic E-state index is 0.325. The van der Waals surface area contributed by atoms with E-state index in [1.54, 1.807) is 4.68 Å². The first-order valence-electron chi connectivity index (χ1n) is 6.26. The lowest BCUT2D eigenvalue weighted by Gasteiger charge is -2.12. The highest BCUT2D eigenvalue weighted by molar-refractivity contribution is 7.80. The molecule has 6 nitrogen and oxygen atoms in total. The predicted octanol–water partition coefficient (Wildman–Crippen LogP) is 1.38. The summed E-state index contributed by atoms with van der Waals surface area (Å²) in [7, 11) is 1.90. The van der Waals surface area contributed by atoms with Crippen molar-refractivity contribution in [2.24, 2.45) is 12.8 Å². The first-order chi connectivity index (χ1) is 9.40. The molecule has 2 aromatic rings. The number of aromatic nitrogens is 4. The molecule has 2 aromatic heterocycles. The molecule has 0 saturated heterocycles. The standard InChI is InChI=1S/C13H18N6S/c1-7-8(2)16-17-13(11(7)12(14)20)15-5-10-6-19(4)18-9(10)3/h6H,5H2,1-4H3,(H2,14,20)(H,15,17). The Balaban J connectivity index is 2.28. The van der Waals surface area contributed by atoms with Crippen molar-refractivity contribution < 1.29 is 0 Å². The molecule has 20 heavy (non-hydrogen) atoms. The van der Waals surface area contributed by atoms with Crippen molar-refractivity contribution in [3.05, 3.63) is 34.3 Å². The first-order valence-corrected chi connectivity index (χ1v) is 6.67. The number of aryl methyl sites for hydroxylation is 3. The average Bonchev–Trinajstić information content (AvgIpc) is 2.68. The van der Waals surface area contributed by atoms with Crippen LogP contribution in [0.5, 0.6) is 0 Å². The summed E-state index contributed by atoms with van der Waals surface area (Å²) < 4.78 is 1.78. The minimum atomic E-state index is 0.325. The van der Waals surface area contributed by atoms with Crippen molar-refractivity contribution in [1.82, 2.24) is 20.0 Å². The number of hydrogen-bond acceptors (Lipinski definition) is 5. The molecule has 0 aliphatic carbocycles. The lowest BCUT2D eigenvalue weighted by Crippen LogP contribution is -2.18. The van der Waals surface area contributed by atoms with Gasteiger partial charge in [0.05, 0.1) is 17.0 Å². The Kier molecular flexibility index (Phi) is 3.99. The fourth-order valence-electron chi connectivity index (χ4n) is 2.03. The highest BCUT2D eigenvalue weighted by atomic mass is 32.1. The molecule has 7 heteroatoms. The summed E-state index contributed by atoms with van der Waals surface area (Å²) in [6, 6.07) is 0. The van der Waals surface area contributed by atoms with Crippen LogP contribution in [-0.4, -0.2) is 25.0 Å². The maximum absolute atomic E-state index is 5.79. The fourth-order valence-corrected chi connectivity index (χ4v) is 2.28. The molecule has 0 bridgehead atoms. The van der Waals surface area contributed by atoms with Gasteiger partial charge in [-0.1, -0.05) is 12.2 Å². The van der Waals surface area contributed by atoms with Gasteiger partial charge in [0.1, 0.15) is 4.99 Å². The molecule has 0 amide bonds. The second-order valence-electron chi connectivity index (χ2n) is 4.77. The molecule has 0 aliphatic rings. The highest BCUT2D eigenvalue weighted by Gasteiger charge is 2.14. The molecule has 0 aromatic carbocycles. The van der Waals surface area contributed by atoms with Gasteiger partial charge in [-0.15, -0.1) is 5.10 Å². The van der Waals surface area contributed by atoms with E-state index in [1.165, 1.54) is 0 Å². The molecule has 106 valence electrons. The fraction of sp³-hybridized carbons (Fsp3) is 0.385. The molecule has 0 spiro atoms. The van der Waals surface area contributed by atoms with E-state index in [-0.39, 0.29) is 0 Å². The molecule has 2 rings (SSSR count). The van der Waals surface area contributed by atoms with Crippen LogP contribution in [0.3, 0.4) is 0 Å². The summed E-state index contributed by atoms with van der Waals surface area (Å²) in [5.74, 6) is 0.615. The Bertz CT molecular complexity index is 661. The van der Waals surface area contributed by atoms with E-state index in [0.29, 0.717) is 17.4 Å². The van der Waals surface area contributed by atoms with Gasteiger partial charge in [0, 0.05) is 25.4 Å². The van der Waals surface area contributed by atoms with Crippen LogP contribution in [0, 0.1) is 20.8 Å². The van der Waals surface area contributed by atoms with Crippen LogP contribution in [0.1, 0.15) is 28.1 Å². The van der Waals surface area contributed by atoms with Crippen molar-refractivity contribution >= 4 is 23.0 Å². The van der Waals surface area contributed by atoms with Crippen molar-refractivity contribution in [3.63, 3.8) is 0 Å². The van der Waals surface area contributed by atoms with Crippen LogP contribution in [0.25, 0.3) is 0 Å². The number of hydrogen-bond donors (Lipinski definition) is 2. The first kappa shape index (κ1) is 14.4. The molecule has 0 saturated carbocycles. The van der Waals surface area contributed by atoms with Crippen molar-refractivity contribution in [1.29, 1.82) is 0 Å². The number of nitrogens with one attached hydrogen (secondary N) is 1. The summed E-state index contributed by atoms with van der Waals surface area (Å²) in [6.45, 7) is 6.40. The van der Waals surface area contributed by atoms with Gasteiger partial charge in [0.2, 0.25) is 0 Å². The van der Waals surface area contributed by atoms with Gasteiger partial charge in [-0.05, 0) is 26.3 Å². The zero-order valence-electron chi connectivity index (χ0n) is 12.1. The van der Waals surface area contributed by atoms with E-state index < -0.39 is 0 Å². The van der Waals surface area contributed by atoms with Crippen LogP contribution in [0.15, 0.2) is 6.20 Å². The lowest BCUT2D eigenvalue weighted by molar-refractivity contribution is 0.756. The quantitative estimate of drug-likeness (QED) is 0.828. The van der Waals surface area contributed by atoms with Gasteiger partial charge < -0.3 is 11.1 Å². The van der Waals surface area contributed by atoms with E-state index in [4.69, 9.17) is 18.0 Å². The van der Waals surface area contributed by atoms with Crippen molar-refractivity contribution in [2.75, 3.05) is 5.32 Å². The normalized spacial score (nSPS) is 10.6. The molecule has 0 aliphatic heterocycles. The summed E-state index contributed by atoms with van der Waals surface area (Å²) >= 11 is 5.11. The third-order valence-electron chi connectivity index (χ3n) is 3.26. The van der Waals surface area contributed by atoms with E-state index in [9.17, 15) is 0 Å². The highest BCUT2D eigenvalue weighted by Crippen LogP contribution is 2.19. The van der Waals surface area contributed by atoms with Crippen molar-refractivity contribution in [2.45, 2.75) is 27.3 Å². The molecular formula is C13H18N6S. The number of rotatable bonds is 4. The van der Waals surface area contributed by atoms with Crippen LogP contribution >= 0.6 is 12.2 Å². The SMILES string of the molecule is Cc1nn(C)cc1CNc1nnc(C)c(C)c1C(N)=S. The average molecular weight is 290 g/mol. The predicted molar refractivity (Wildman–Crippen MR) is 82.7 cm³/mol. The topological polar surface area (TPSA) is 81.7 Å². The number of nitrogens with two attached hydrogens (primary N) is 1. The minimum Gasteiger partial charge on any atom is -0.389 e. The van der Waals surface area contributed by atoms with E-state index in [2.05, 4.69) is 20.6 Å². The Morgan fingerprint density at radius 1 is 1.30 bits per heavy atom. The number of nitrogens with zero attached hydrogens (tertiary/aromatic N) is 4. The van der Waals surface area contributed by atoms with Gasteiger partial charge in [0.15, 0.2) is 5.82 Å². The van der Waals surface area contributed by atoms with Gasteiger partial charge in [-0.2, -0.15) is 10.2 Å². The molecule has 0 fully saturated rings. The van der Waals surface area contributed by atoms with Gasteiger partial charge in [-0.25, -0.2) is 0 Å². The third-order valence-corrected chi connectivity index (χ3v) is 3.47. The van der Waals surface area contributed by atoms with E-state index in [1.807, 2.05) is 34.0 Å². The van der Waals surface area contributed by atoms with Crippen molar-refractivity contribution in [3.8, 4) is 0 Å². The summed E-state index contributed by atoms with van der Waals surface area (Å²) in [4.78, 5) is 0.325. The van der Waals surface area contributed by atoms with Gasteiger partial charge in [-0.3, -0.25) is 4.68 Å². The molecular weight excluding hydrogens is 272 g/mol. The molecule has 0 atom stereocenters. The Hall–Kier alpha value is -2.02. The smallest absolute Gasteiger partial charge is 0.159 e. The van der Waals surface area contributed by atoms with Crippen LogP contribution in [-0.2, 0) is 13.6 Å². The third kappa shape index (κ3) is 2.77. The van der Waals surface area contributed by atoms with E-state index >= 15 is 0 Å². The number of thiocarbonyl (C=S) groups is 1. The zero-order chi connectivity index (χ0) is 14.9. The summed E-state index contributed by atoms with van der Waals surface area (Å²) in [6.07, 6.45) is 1.97. The lowest BCUT2D eigenvalue weighted by atomic mass is 10.1. The van der Waals surface area contributed by atoms with Crippen LogP contribution in [0.4, 0.5) is 5.82 Å². The van der Waals surface area contributed by atoms with Crippen LogP contribution in [0.2, 0.25) is 0 Å². The maximum Gasteiger partial charge on any atom is 0.159 e. The molecule has 0 unspecified atom stereocenters. The van der Waals surface area contributed by atoms with Gasteiger partial charge in [0.25, 0.3) is 0 Å². The Morgan fingerprint density at radius 3 is 2.55 bits per heavy atom.